The number of nitrogen functional groups attached to an aromatic ring is 1. The molecule has 0 spiro atoms. The number of aromatic nitrogens is 5. The molecule has 0 bridgehead atoms. The van der Waals surface area contributed by atoms with E-state index in [1.165, 1.54) is 23.1 Å². The fourth-order valence-electron chi connectivity index (χ4n) is 2.30. The highest BCUT2D eigenvalue weighted by Crippen LogP contribution is 2.33. The summed E-state index contributed by atoms with van der Waals surface area (Å²) < 4.78 is 1.61. The Morgan fingerprint density at radius 2 is 2.15 bits per heavy atom. The van der Waals surface area contributed by atoms with E-state index < -0.39 is 0 Å². The normalized spacial score (nSPS) is 12.3. The van der Waals surface area contributed by atoms with Crippen molar-refractivity contribution < 1.29 is 0 Å². The number of thiophene rings is 1. The van der Waals surface area contributed by atoms with Gasteiger partial charge < -0.3 is 10.6 Å². The van der Waals surface area contributed by atoms with Crippen LogP contribution in [-0.2, 0) is 6.54 Å². The minimum absolute atomic E-state index is 0.0741. The van der Waals surface area contributed by atoms with Gasteiger partial charge in [0.25, 0.3) is 5.56 Å². The van der Waals surface area contributed by atoms with Crippen molar-refractivity contribution in [2.75, 3.05) is 24.7 Å². The summed E-state index contributed by atoms with van der Waals surface area (Å²) in [5.74, 6) is 1.19. The zero-order chi connectivity index (χ0) is 18.8. The molecule has 0 aliphatic heterocycles. The first-order chi connectivity index (χ1) is 12.4. The smallest absolute Gasteiger partial charge is 0.263 e. The van der Waals surface area contributed by atoms with E-state index in [0.29, 0.717) is 33.7 Å². The molecule has 0 aromatic carbocycles. The molecule has 26 heavy (non-hydrogen) atoms. The minimum Gasteiger partial charge on any atom is -0.368 e. The molecular weight excluding hydrogens is 370 g/mol. The monoisotopic (exact) mass is 389 g/mol. The van der Waals surface area contributed by atoms with Crippen LogP contribution in [0.15, 0.2) is 34.1 Å². The number of anilines is 2. The van der Waals surface area contributed by atoms with Gasteiger partial charge in [0.2, 0.25) is 11.9 Å². The zero-order valence-corrected chi connectivity index (χ0v) is 16.3. The molecule has 136 valence electrons. The summed E-state index contributed by atoms with van der Waals surface area (Å²) >= 11 is 2.85. The second-order valence-corrected chi connectivity index (χ2v) is 7.95. The van der Waals surface area contributed by atoms with Gasteiger partial charge in [0.05, 0.1) is 10.6 Å². The van der Waals surface area contributed by atoms with E-state index in [1.54, 1.807) is 21.6 Å². The van der Waals surface area contributed by atoms with Crippen LogP contribution in [0.4, 0.5) is 11.9 Å². The van der Waals surface area contributed by atoms with Crippen molar-refractivity contribution in [2.45, 2.75) is 23.9 Å². The molecule has 0 aliphatic carbocycles. The van der Waals surface area contributed by atoms with Crippen LogP contribution in [0, 0.1) is 0 Å². The molecule has 0 aliphatic rings. The van der Waals surface area contributed by atoms with Gasteiger partial charge in [0.15, 0.2) is 5.16 Å². The summed E-state index contributed by atoms with van der Waals surface area (Å²) in [7, 11) is 3.68. The van der Waals surface area contributed by atoms with Crippen LogP contribution in [0.2, 0.25) is 0 Å². The molecule has 10 heteroatoms. The zero-order valence-electron chi connectivity index (χ0n) is 14.7. The second kappa shape index (κ2) is 7.42. The molecule has 0 amide bonds. The Labute approximate surface area is 158 Å². The van der Waals surface area contributed by atoms with Crippen LogP contribution in [0.1, 0.15) is 18.0 Å². The Kier molecular flexibility index (Phi) is 5.23. The van der Waals surface area contributed by atoms with Gasteiger partial charge in [0.1, 0.15) is 10.7 Å². The molecule has 3 rings (SSSR count). The van der Waals surface area contributed by atoms with Gasteiger partial charge in [-0.05, 0) is 18.4 Å². The average Bonchev–Trinajstić information content (AvgIpc) is 3.06. The third kappa shape index (κ3) is 3.56. The van der Waals surface area contributed by atoms with Gasteiger partial charge in [-0.25, -0.2) is 4.98 Å². The van der Waals surface area contributed by atoms with E-state index in [0.717, 1.165) is 0 Å². The van der Waals surface area contributed by atoms with Gasteiger partial charge in [-0.15, -0.1) is 17.9 Å². The summed E-state index contributed by atoms with van der Waals surface area (Å²) in [6.07, 6.45) is 1.68. The number of fused-ring (bicyclic) bond motifs is 1. The van der Waals surface area contributed by atoms with Crippen LogP contribution >= 0.6 is 23.1 Å². The molecule has 3 aromatic rings. The molecule has 3 aromatic heterocycles. The lowest BCUT2D eigenvalue weighted by atomic mass is 10.4. The molecular formula is C16H19N7OS2. The molecule has 0 saturated heterocycles. The molecule has 3 heterocycles. The standard InChI is InChI=1S/C16H19N7OS2/c1-5-7-23-13(24)10-6-8-25-12(10)20-16(23)26-9(2)11-18-14(17)21-15(19-11)22(3)4/h5-6,8-9H,1,7H2,2-4H3,(H2,17,18,19,21). The van der Waals surface area contributed by atoms with Crippen LogP contribution in [0.25, 0.3) is 10.2 Å². The van der Waals surface area contributed by atoms with E-state index in [9.17, 15) is 4.79 Å². The van der Waals surface area contributed by atoms with Crippen molar-refractivity contribution >= 4 is 45.2 Å². The van der Waals surface area contributed by atoms with Gasteiger partial charge in [-0.2, -0.15) is 15.0 Å². The number of rotatable bonds is 6. The molecule has 0 radical (unpaired) electrons. The van der Waals surface area contributed by atoms with Gasteiger partial charge in [-0.3, -0.25) is 9.36 Å². The lowest BCUT2D eigenvalue weighted by Crippen LogP contribution is -2.22. The third-order valence-corrected chi connectivity index (χ3v) is 5.46. The topological polar surface area (TPSA) is 103 Å². The third-order valence-electron chi connectivity index (χ3n) is 3.56. The van der Waals surface area contributed by atoms with Gasteiger partial charge in [0, 0.05) is 20.6 Å². The van der Waals surface area contributed by atoms with Crippen molar-refractivity contribution in [1.29, 1.82) is 0 Å². The summed E-state index contributed by atoms with van der Waals surface area (Å²) in [5.41, 5.74) is 5.74. The summed E-state index contributed by atoms with van der Waals surface area (Å²) in [6.45, 7) is 6.07. The quantitative estimate of drug-likeness (QED) is 0.389. The molecule has 1 unspecified atom stereocenters. The van der Waals surface area contributed by atoms with Crippen molar-refractivity contribution in [3.05, 3.63) is 40.3 Å². The van der Waals surface area contributed by atoms with Crippen LogP contribution in [0.3, 0.4) is 0 Å². The van der Waals surface area contributed by atoms with E-state index >= 15 is 0 Å². The van der Waals surface area contributed by atoms with Crippen molar-refractivity contribution in [1.82, 2.24) is 24.5 Å². The Morgan fingerprint density at radius 3 is 2.85 bits per heavy atom. The minimum atomic E-state index is -0.167. The first kappa shape index (κ1) is 18.3. The van der Waals surface area contributed by atoms with E-state index in [1.807, 2.05) is 26.4 Å². The Bertz CT molecular complexity index is 1010. The van der Waals surface area contributed by atoms with Crippen molar-refractivity contribution in [3.8, 4) is 0 Å². The van der Waals surface area contributed by atoms with Gasteiger partial charge in [-0.1, -0.05) is 17.8 Å². The SMILES string of the molecule is C=CCn1c(SC(C)c2nc(N)nc(N(C)C)n2)nc2sccc2c1=O. The molecule has 1 atom stereocenters. The first-order valence-electron chi connectivity index (χ1n) is 7.85. The van der Waals surface area contributed by atoms with E-state index in [4.69, 9.17) is 5.73 Å². The predicted octanol–water partition coefficient (Wildman–Crippen LogP) is 2.33. The Balaban J connectivity index is 2.01. The highest BCUT2D eigenvalue weighted by Gasteiger charge is 2.19. The largest absolute Gasteiger partial charge is 0.368 e. The lowest BCUT2D eigenvalue weighted by Gasteiger charge is -2.16. The maximum Gasteiger partial charge on any atom is 0.263 e. The number of nitrogens with zero attached hydrogens (tertiary/aromatic N) is 6. The van der Waals surface area contributed by atoms with Crippen LogP contribution in [-0.4, -0.2) is 38.6 Å². The van der Waals surface area contributed by atoms with Gasteiger partial charge >= 0.3 is 0 Å². The summed E-state index contributed by atoms with van der Waals surface area (Å²) in [4.78, 5) is 32.6. The average molecular weight is 390 g/mol. The Morgan fingerprint density at radius 1 is 1.38 bits per heavy atom. The number of hydrogen-bond donors (Lipinski definition) is 1. The predicted molar refractivity (Wildman–Crippen MR) is 107 cm³/mol. The molecule has 0 saturated carbocycles. The maximum absolute atomic E-state index is 12.7. The number of nitrogens with two attached hydrogens (primary N) is 1. The highest BCUT2D eigenvalue weighted by atomic mass is 32.2. The fourth-order valence-corrected chi connectivity index (χ4v) is 4.07. The lowest BCUT2D eigenvalue weighted by molar-refractivity contribution is 0.670. The summed E-state index contributed by atoms with van der Waals surface area (Å²) in [6, 6.07) is 1.79. The number of allylic oxidation sites excluding steroid dienone is 1. The number of hydrogen-bond acceptors (Lipinski definition) is 9. The second-order valence-electron chi connectivity index (χ2n) is 5.74. The van der Waals surface area contributed by atoms with Crippen LogP contribution in [0.5, 0.6) is 0 Å². The van der Waals surface area contributed by atoms with E-state index in [2.05, 4.69) is 26.5 Å². The highest BCUT2D eigenvalue weighted by molar-refractivity contribution is 7.99. The van der Waals surface area contributed by atoms with Crippen molar-refractivity contribution in [2.24, 2.45) is 0 Å². The number of thioether (sulfide) groups is 1. The van der Waals surface area contributed by atoms with Crippen LogP contribution < -0.4 is 16.2 Å². The maximum atomic E-state index is 12.7. The fraction of sp³-hybridized carbons (Fsp3) is 0.312. The summed E-state index contributed by atoms with van der Waals surface area (Å²) in [5, 5.41) is 2.92. The van der Waals surface area contributed by atoms with Crippen molar-refractivity contribution in [3.63, 3.8) is 0 Å². The first-order valence-corrected chi connectivity index (χ1v) is 9.61. The molecule has 0 fully saturated rings. The Hall–Kier alpha value is -2.46. The molecule has 2 N–H and O–H groups in total. The van der Waals surface area contributed by atoms with E-state index in [-0.39, 0.29) is 16.8 Å². The molecule has 8 nitrogen and oxygen atoms in total.